The minimum absolute atomic E-state index is 0.642. The van der Waals surface area contributed by atoms with Crippen LogP contribution in [0.25, 0.3) is 0 Å². The van der Waals surface area contributed by atoms with Gasteiger partial charge in [-0.25, -0.2) is 0 Å². The van der Waals surface area contributed by atoms with Crippen LogP contribution in [0.4, 0.5) is 0 Å². The summed E-state index contributed by atoms with van der Waals surface area (Å²) in [5, 5.41) is 9.49. The molecule has 0 spiro atoms. The van der Waals surface area contributed by atoms with Crippen LogP contribution in [0.1, 0.15) is 26.2 Å². The van der Waals surface area contributed by atoms with Gasteiger partial charge in [-0.2, -0.15) is 5.26 Å². The van der Waals surface area contributed by atoms with E-state index in [0.717, 1.165) is 24.3 Å². The first-order valence-corrected chi connectivity index (χ1v) is 5.94. The Balaban J connectivity index is 3.35. The monoisotopic (exact) mass is 246 g/mol. The van der Waals surface area contributed by atoms with Gasteiger partial charge in [0, 0.05) is 18.3 Å². The molecule has 13 heavy (non-hydrogen) atoms. The highest BCUT2D eigenvalue weighted by atomic mass is 79.9. The van der Waals surface area contributed by atoms with E-state index < -0.39 is 0 Å². The average Bonchev–Trinajstić information content (AvgIpc) is 2.12. The summed E-state index contributed by atoms with van der Waals surface area (Å²) < 4.78 is 0. The van der Waals surface area contributed by atoms with Crippen molar-refractivity contribution in [2.75, 3.05) is 25.5 Å². The van der Waals surface area contributed by atoms with Crippen molar-refractivity contribution in [3.8, 4) is 6.07 Å². The molecule has 1 atom stereocenters. The van der Waals surface area contributed by atoms with Gasteiger partial charge < -0.3 is 4.90 Å². The molecule has 0 N–H and O–H groups in total. The lowest BCUT2D eigenvalue weighted by atomic mass is 10.1. The molecular weight excluding hydrogens is 228 g/mol. The highest BCUT2D eigenvalue weighted by Crippen LogP contribution is 2.09. The molecule has 3 heteroatoms. The Morgan fingerprint density at radius 2 is 2.08 bits per heavy atom. The van der Waals surface area contributed by atoms with Crippen LogP contribution in [0.5, 0.6) is 0 Å². The fourth-order valence-corrected chi connectivity index (χ4v) is 1.91. The summed E-state index contributed by atoms with van der Waals surface area (Å²) in [6.07, 6.45) is 3.11. The summed E-state index contributed by atoms with van der Waals surface area (Å²) in [7, 11) is 2.08. The molecule has 0 aliphatic carbocycles. The lowest BCUT2D eigenvalue weighted by molar-refractivity contribution is 0.310. The van der Waals surface area contributed by atoms with Crippen LogP contribution >= 0.6 is 15.9 Å². The number of rotatable bonds is 7. The van der Waals surface area contributed by atoms with Crippen LogP contribution in [0.2, 0.25) is 0 Å². The molecule has 0 amide bonds. The first-order chi connectivity index (χ1) is 6.20. The third-order valence-electron chi connectivity index (χ3n) is 2.21. The van der Waals surface area contributed by atoms with E-state index in [9.17, 15) is 0 Å². The van der Waals surface area contributed by atoms with E-state index in [2.05, 4.69) is 40.9 Å². The van der Waals surface area contributed by atoms with Gasteiger partial charge in [-0.05, 0) is 32.4 Å². The first-order valence-electron chi connectivity index (χ1n) is 4.82. The third kappa shape index (κ3) is 8.27. The van der Waals surface area contributed by atoms with Gasteiger partial charge in [-0.1, -0.05) is 22.9 Å². The number of alkyl halides is 1. The van der Waals surface area contributed by atoms with Crippen LogP contribution in [0.3, 0.4) is 0 Å². The van der Waals surface area contributed by atoms with Crippen molar-refractivity contribution in [3.63, 3.8) is 0 Å². The molecule has 0 saturated carbocycles. The van der Waals surface area contributed by atoms with Crippen molar-refractivity contribution in [2.24, 2.45) is 5.92 Å². The van der Waals surface area contributed by atoms with Gasteiger partial charge in [-0.15, -0.1) is 0 Å². The highest BCUT2D eigenvalue weighted by Gasteiger charge is 2.03. The second kappa shape index (κ2) is 8.52. The Bertz CT molecular complexity index is 153. The van der Waals surface area contributed by atoms with Crippen LogP contribution in [0.15, 0.2) is 0 Å². The van der Waals surface area contributed by atoms with E-state index in [0.29, 0.717) is 6.42 Å². The van der Waals surface area contributed by atoms with Gasteiger partial charge >= 0.3 is 0 Å². The number of hydrogen-bond acceptors (Lipinski definition) is 2. The number of nitrogens with zero attached hydrogens (tertiary/aromatic N) is 2. The standard InChI is InChI=1S/C10H19BrN2/c1-10(4-6-11)5-9-13(2)8-3-7-12/h10H,3-6,8-9H2,1-2H3. The van der Waals surface area contributed by atoms with Crippen LogP contribution in [-0.2, 0) is 0 Å². The first kappa shape index (κ1) is 12.9. The second-order valence-electron chi connectivity index (χ2n) is 3.58. The predicted molar refractivity (Wildman–Crippen MR) is 59.9 cm³/mol. The predicted octanol–water partition coefficient (Wildman–Crippen LogP) is 2.64. The summed E-state index contributed by atoms with van der Waals surface area (Å²) >= 11 is 3.44. The molecule has 0 rings (SSSR count). The van der Waals surface area contributed by atoms with Gasteiger partial charge in [0.05, 0.1) is 6.07 Å². The number of hydrogen-bond donors (Lipinski definition) is 0. The van der Waals surface area contributed by atoms with E-state index in [1.54, 1.807) is 0 Å². The second-order valence-corrected chi connectivity index (χ2v) is 4.38. The molecule has 0 radical (unpaired) electrons. The van der Waals surface area contributed by atoms with E-state index in [4.69, 9.17) is 5.26 Å². The van der Waals surface area contributed by atoms with Gasteiger partial charge in [0.15, 0.2) is 0 Å². The molecule has 0 heterocycles. The molecule has 1 unspecified atom stereocenters. The maximum atomic E-state index is 8.39. The van der Waals surface area contributed by atoms with Gasteiger partial charge in [0.25, 0.3) is 0 Å². The van der Waals surface area contributed by atoms with E-state index >= 15 is 0 Å². The summed E-state index contributed by atoms with van der Waals surface area (Å²) in [4.78, 5) is 2.23. The number of halogens is 1. The highest BCUT2D eigenvalue weighted by molar-refractivity contribution is 9.09. The van der Waals surface area contributed by atoms with Gasteiger partial charge in [0.2, 0.25) is 0 Å². The van der Waals surface area contributed by atoms with Crippen molar-refractivity contribution < 1.29 is 0 Å². The largest absolute Gasteiger partial charge is 0.305 e. The Morgan fingerprint density at radius 3 is 2.62 bits per heavy atom. The molecule has 0 saturated heterocycles. The molecule has 0 aromatic rings. The SMILES string of the molecule is CC(CCBr)CCN(C)CCC#N. The fourth-order valence-electron chi connectivity index (χ4n) is 1.12. The quantitative estimate of drug-likeness (QED) is 0.646. The molecule has 0 fully saturated rings. The van der Waals surface area contributed by atoms with Crippen molar-refractivity contribution in [3.05, 3.63) is 0 Å². The van der Waals surface area contributed by atoms with Gasteiger partial charge in [0.1, 0.15) is 0 Å². The van der Waals surface area contributed by atoms with E-state index in [1.165, 1.54) is 12.8 Å². The Labute approximate surface area is 90.0 Å². The average molecular weight is 247 g/mol. The van der Waals surface area contributed by atoms with Crippen molar-refractivity contribution in [2.45, 2.75) is 26.2 Å². The Morgan fingerprint density at radius 1 is 1.38 bits per heavy atom. The fraction of sp³-hybridized carbons (Fsp3) is 0.900. The van der Waals surface area contributed by atoms with Crippen LogP contribution in [-0.4, -0.2) is 30.4 Å². The number of nitriles is 1. The molecule has 0 aromatic carbocycles. The van der Waals surface area contributed by atoms with E-state index in [1.807, 2.05) is 0 Å². The van der Waals surface area contributed by atoms with E-state index in [-0.39, 0.29) is 0 Å². The summed E-state index contributed by atoms with van der Waals surface area (Å²) in [6, 6.07) is 2.16. The van der Waals surface area contributed by atoms with Crippen LogP contribution in [0, 0.1) is 17.2 Å². The smallest absolute Gasteiger partial charge is 0.0635 e. The lowest BCUT2D eigenvalue weighted by Gasteiger charge is -2.17. The topological polar surface area (TPSA) is 27.0 Å². The molecule has 0 bridgehead atoms. The maximum Gasteiger partial charge on any atom is 0.0635 e. The zero-order chi connectivity index (χ0) is 10.1. The summed E-state index contributed by atoms with van der Waals surface area (Å²) in [5.74, 6) is 0.781. The van der Waals surface area contributed by atoms with Crippen molar-refractivity contribution >= 4 is 15.9 Å². The molecule has 0 aliphatic heterocycles. The lowest BCUT2D eigenvalue weighted by Crippen LogP contribution is -2.22. The normalized spacial score (nSPS) is 12.8. The zero-order valence-corrected chi connectivity index (χ0v) is 10.2. The van der Waals surface area contributed by atoms with Crippen molar-refractivity contribution in [1.29, 1.82) is 5.26 Å². The Kier molecular flexibility index (Phi) is 8.48. The molecular formula is C10H19BrN2. The molecule has 2 nitrogen and oxygen atoms in total. The summed E-state index contributed by atoms with van der Waals surface area (Å²) in [5.41, 5.74) is 0. The molecule has 0 aliphatic rings. The molecule has 0 aromatic heterocycles. The van der Waals surface area contributed by atoms with Crippen LogP contribution < -0.4 is 0 Å². The minimum atomic E-state index is 0.642. The van der Waals surface area contributed by atoms with Gasteiger partial charge in [-0.3, -0.25) is 0 Å². The summed E-state index contributed by atoms with van der Waals surface area (Å²) in [6.45, 7) is 4.28. The van der Waals surface area contributed by atoms with Crippen molar-refractivity contribution in [1.82, 2.24) is 4.90 Å². The third-order valence-corrected chi connectivity index (χ3v) is 2.67. The molecule has 76 valence electrons. The Hall–Kier alpha value is -0.0700. The minimum Gasteiger partial charge on any atom is -0.305 e. The maximum absolute atomic E-state index is 8.39. The zero-order valence-electron chi connectivity index (χ0n) is 8.59.